The van der Waals surface area contributed by atoms with E-state index in [1.165, 1.54) is 0 Å². The average Bonchev–Trinajstić information content (AvgIpc) is 3.24. The van der Waals surface area contributed by atoms with Crippen molar-refractivity contribution in [2.45, 2.75) is 0 Å². The number of aromatic nitrogens is 4. The van der Waals surface area contributed by atoms with Gasteiger partial charge in [0.05, 0.1) is 5.69 Å². The number of H-pyrrole nitrogens is 1. The zero-order valence-corrected chi connectivity index (χ0v) is 15.8. The van der Waals surface area contributed by atoms with Crippen LogP contribution >= 0.6 is 0 Å². The van der Waals surface area contributed by atoms with Gasteiger partial charge in [0.2, 0.25) is 0 Å². The quantitative estimate of drug-likeness (QED) is 0.588. The molecule has 3 aromatic heterocycles. The lowest BCUT2D eigenvalue weighted by Crippen LogP contribution is -2.49. The van der Waals surface area contributed by atoms with E-state index < -0.39 is 0 Å². The summed E-state index contributed by atoms with van der Waals surface area (Å²) in [6.45, 7) is 2.76. The van der Waals surface area contributed by atoms with Crippen LogP contribution in [0.4, 0.5) is 5.82 Å². The number of hydrogen-bond acceptors (Lipinski definition) is 5. The fraction of sp³-hybridized carbons (Fsp3) is 0.182. The number of fused-ring (bicyclic) bond motifs is 1. The Bertz CT molecular complexity index is 1100. The van der Waals surface area contributed by atoms with Crippen molar-refractivity contribution in [1.82, 2.24) is 25.1 Å². The van der Waals surface area contributed by atoms with Crippen LogP contribution in [0.25, 0.3) is 22.2 Å². The first-order chi connectivity index (χ1) is 14.3. The number of hydrogen-bond donors (Lipinski definition) is 1. The number of para-hydroxylation sites is 1. The first-order valence-electron chi connectivity index (χ1n) is 9.64. The highest BCUT2D eigenvalue weighted by molar-refractivity contribution is 5.98. The van der Waals surface area contributed by atoms with Gasteiger partial charge >= 0.3 is 0 Å². The van der Waals surface area contributed by atoms with E-state index in [1.807, 2.05) is 59.5 Å². The molecule has 0 radical (unpaired) electrons. The minimum absolute atomic E-state index is 0.0406. The molecule has 4 aromatic rings. The molecule has 1 saturated heterocycles. The summed E-state index contributed by atoms with van der Waals surface area (Å²) >= 11 is 0. The van der Waals surface area contributed by atoms with E-state index in [-0.39, 0.29) is 5.91 Å². The van der Waals surface area contributed by atoms with Crippen molar-refractivity contribution in [2.24, 2.45) is 0 Å². The van der Waals surface area contributed by atoms with Crippen molar-refractivity contribution in [1.29, 1.82) is 0 Å². The lowest BCUT2D eigenvalue weighted by atomic mass is 10.2. The van der Waals surface area contributed by atoms with Gasteiger partial charge < -0.3 is 14.8 Å². The Morgan fingerprint density at radius 3 is 2.52 bits per heavy atom. The van der Waals surface area contributed by atoms with E-state index in [1.54, 1.807) is 12.4 Å². The number of anilines is 1. The highest BCUT2D eigenvalue weighted by atomic mass is 16.2. The number of rotatable bonds is 3. The van der Waals surface area contributed by atoms with Crippen LogP contribution in [0.5, 0.6) is 0 Å². The van der Waals surface area contributed by atoms with Gasteiger partial charge in [0.25, 0.3) is 5.91 Å². The molecule has 7 nitrogen and oxygen atoms in total. The standard InChI is InChI=1S/C22H20N6O/c29-22(20-14-16-4-1-2-6-18(16)24-20)28-12-10-27(11-13-28)21-8-7-19(25-26-21)17-5-3-9-23-15-17/h1-9,14-15,24H,10-13H2. The number of nitrogens with zero attached hydrogens (tertiary/aromatic N) is 5. The number of piperazine rings is 1. The number of benzene rings is 1. The largest absolute Gasteiger partial charge is 0.352 e. The van der Waals surface area contributed by atoms with Gasteiger partial charge in [-0.2, -0.15) is 0 Å². The number of carbonyl (C=O) groups excluding carboxylic acids is 1. The van der Waals surface area contributed by atoms with E-state index in [2.05, 4.69) is 25.1 Å². The highest BCUT2D eigenvalue weighted by Crippen LogP contribution is 2.20. The molecule has 5 rings (SSSR count). The smallest absolute Gasteiger partial charge is 0.270 e. The number of pyridine rings is 1. The number of amides is 1. The predicted molar refractivity (Wildman–Crippen MR) is 112 cm³/mol. The van der Waals surface area contributed by atoms with E-state index in [4.69, 9.17) is 0 Å². The predicted octanol–water partition coefficient (Wildman–Crippen LogP) is 2.98. The van der Waals surface area contributed by atoms with Gasteiger partial charge in [-0.05, 0) is 36.4 Å². The van der Waals surface area contributed by atoms with Gasteiger partial charge in [-0.25, -0.2) is 0 Å². The van der Waals surface area contributed by atoms with Crippen molar-refractivity contribution < 1.29 is 4.79 Å². The van der Waals surface area contributed by atoms with Crippen LogP contribution < -0.4 is 4.90 Å². The highest BCUT2D eigenvalue weighted by Gasteiger charge is 2.24. The summed E-state index contributed by atoms with van der Waals surface area (Å²) in [5.74, 6) is 0.870. The van der Waals surface area contributed by atoms with Crippen LogP contribution in [0.2, 0.25) is 0 Å². The molecule has 1 amide bonds. The minimum Gasteiger partial charge on any atom is -0.352 e. The Morgan fingerprint density at radius 2 is 1.79 bits per heavy atom. The molecule has 1 aliphatic rings. The van der Waals surface area contributed by atoms with Crippen molar-refractivity contribution >= 4 is 22.6 Å². The number of nitrogens with one attached hydrogen (secondary N) is 1. The second-order valence-electron chi connectivity index (χ2n) is 7.07. The number of carbonyl (C=O) groups is 1. The van der Waals surface area contributed by atoms with Gasteiger partial charge in [-0.15, -0.1) is 10.2 Å². The van der Waals surface area contributed by atoms with Crippen LogP contribution in [-0.4, -0.2) is 57.2 Å². The van der Waals surface area contributed by atoms with E-state index in [0.29, 0.717) is 18.8 Å². The molecule has 0 atom stereocenters. The summed E-state index contributed by atoms with van der Waals surface area (Å²) in [6.07, 6.45) is 3.51. The molecule has 0 aliphatic carbocycles. The molecule has 1 N–H and O–H groups in total. The summed E-state index contributed by atoms with van der Waals surface area (Å²) < 4.78 is 0. The topological polar surface area (TPSA) is 78.0 Å². The summed E-state index contributed by atoms with van der Waals surface area (Å²) in [5.41, 5.74) is 3.37. The van der Waals surface area contributed by atoms with Gasteiger partial charge in [-0.3, -0.25) is 9.78 Å². The maximum atomic E-state index is 12.9. The Hall–Kier alpha value is -3.74. The van der Waals surface area contributed by atoms with Crippen molar-refractivity contribution in [3.8, 4) is 11.3 Å². The fourth-order valence-electron chi connectivity index (χ4n) is 3.66. The normalized spacial score (nSPS) is 14.3. The fourth-order valence-corrected chi connectivity index (χ4v) is 3.66. The molecule has 0 unspecified atom stereocenters. The van der Waals surface area contributed by atoms with E-state index in [0.717, 1.165) is 41.1 Å². The van der Waals surface area contributed by atoms with Gasteiger partial charge in [0, 0.05) is 55.0 Å². The average molecular weight is 384 g/mol. The lowest BCUT2D eigenvalue weighted by Gasteiger charge is -2.35. The SMILES string of the molecule is O=C(c1cc2ccccc2[nH]1)N1CCN(c2ccc(-c3cccnc3)nn2)CC1. The maximum absolute atomic E-state index is 12.9. The maximum Gasteiger partial charge on any atom is 0.270 e. The summed E-state index contributed by atoms with van der Waals surface area (Å²) in [6, 6.07) is 17.6. The molecule has 144 valence electrons. The van der Waals surface area contributed by atoms with Gasteiger partial charge in [0.15, 0.2) is 5.82 Å². The van der Waals surface area contributed by atoms with Crippen molar-refractivity contribution in [3.63, 3.8) is 0 Å². The second kappa shape index (κ2) is 7.35. The van der Waals surface area contributed by atoms with Crippen LogP contribution in [0.1, 0.15) is 10.5 Å². The second-order valence-corrected chi connectivity index (χ2v) is 7.07. The third-order valence-electron chi connectivity index (χ3n) is 5.26. The monoisotopic (exact) mass is 384 g/mol. The third-order valence-corrected chi connectivity index (χ3v) is 5.26. The van der Waals surface area contributed by atoms with Gasteiger partial charge in [0.1, 0.15) is 5.69 Å². The third kappa shape index (κ3) is 3.42. The number of aromatic amines is 1. The molecule has 7 heteroatoms. The molecule has 0 spiro atoms. The van der Waals surface area contributed by atoms with Crippen LogP contribution in [0, 0.1) is 0 Å². The summed E-state index contributed by atoms with van der Waals surface area (Å²) in [5, 5.41) is 9.76. The molecular formula is C22H20N6O. The molecule has 0 bridgehead atoms. The van der Waals surface area contributed by atoms with Crippen LogP contribution in [-0.2, 0) is 0 Å². The Morgan fingerprint density at radius 1 is 0.931 bits per heavy atom. The zero-order valence-electron chi connectivity index (χ0n) is 15.8. The first-order valence-corrected chi connectivity index (χ1v) is 9.64. The molecule has 29 heavy (non-hydrogen) atoms. The Balaban J connectivity index is 1.25. The summed E-state index contributed by atoms with van der Waals surface area (Å²) in [7, 11) is 0. The van der Waals surface area contributed by atoms with Crippen molar-refractivity contribution in [2.75, 3.05) is 31.1 Å². The molecule has 1 fully saturated rings. The van der Waals surface area contributed by atoms with E-state index in [9.17, 15) is 4.79 Å². The molecule has 4 heterocycles. The Labute approximate surface area is 168 Å². The molecule has 1 aromatic carbocycles. The van der Waals surface area contributed by atoms with Crippen LogP contribution in [0.15, 0.2) is 67.0 Å². The lowest BCUT2D eigenvalue weighted by molar-refractivity contribution is 0.0741. The zero-order chi connectivity index (χ0) is 19.6. The molecule has 0 saturated carbocycles. The minimum atomic E-state index is 0.0406. The molecular weight excluding hydrogens is 364 g/mol. The van der Waals surface area contributed by atoms with Crippen LogP contribution in [0.3, 0.4) is 0 Å². The first kappa shape index (κ1) is 17.4. The van der Waals surface area contributed by atoms with E-state index >= 15 is 0 Å². The van der Waals surface area contributed by atoms with Crippen molar-refractivity contribution in [3.05, 3.63) is 72.7 Å². The summed E-state index contributed by atoms with van der Waals surface area (Å²) in [4.78, 5) is 24.2. The Kier molecular flexibility index (Phi) is 4.40. The van der Waals surface area contributed by atoms with Gasteiger partial charge in [-0.1, -0.05) is 18.2 Å². The molecule has 1 aliphatic heterocycles.